The predicted molar refractivity (Wildman–Crippen MR) is 108 cm³/mol. The second-order valence-electron chi connectivity index (χ2n) is 6.60. The SMILES string of the molecule is C=CC[C@]1(C(=O)OC)CN([C@@H](C)c2ccccc2)C(=O)[C@H]1NC(=O)C(Cl)(Cl)Cl. The molecule has 0 spiro atoms. The van der Waals surface area contributed by atoms with Crippen molar-refractivity contribution in [2.75, 3.05) is 13.7 Å². The number of carbonyl (C=O) groups is 3. The zero-order chi connectivity index (χ0) is 21.1. The number of carbonyl (C=O) groups excluding carboxylic acids is 3. The van der Waals surface area contributed by atoms with Gasteiger partial charge in [0, 0.05) is 6.54 Å². The lowest BCUT2D eigenvalue weighted by atomic mass is 9.79. The van der Waals surface area contributed by atoms with Gasteiger partial charge in [0.05, 0.1) is 13.2 Å². The summed E-state index contributed by atoms with van der Waals surface area (Å²) >= 11 is 16.9. The largest absolute Gasteiger partial charge is 0.468 e. The van der Waals surface area contributed by atoms with Crippen molar-refractivity contribution in [2.45, 2.75) is 29.2 Å². The summed E-state index contributed by atoms with van der Waals surface area (Å²) in [5.74, 6) is -2.12. The number of nitrogens with one attached hydrogen (secondary N) is 1. The van der Waals surface area contributed by atoms with Gasteiger partial charge in [-0.15, -0.1) is 6.58 Å². The molecule has 0 bridgehead atoms. The molecule has 1 aromatic carbocycles. The zero-order valence-corrected chi connectivity index (χ0v) is 17.7. The van der Waals surface area contributed by atoms with Crippen LogP contribution in [0, 0.1) is 5.41 Å². The molecule has 0 aliphatic carbocycles. The van der Waals surface area contributed by atoms with Crippen LogP contribution < -0.4 is 5.32 Å². The molecule has 2 rings (SSSR count). The van der Waals surface area contributed by atoms with Crippen molar-refractivity contribution in [3.63, 3.8) is 0 Å². The van der Waals surface area contributed by atoms with Crippen LogP contribution in [-0.4, -0.2) is 46.2 Å². The van der Waals surface area contributed by atoms with Crippen LogP contribution in [0.1, 0.15) is 24.9 Å². The summed E-state index contributed by atoms with van der Waals surface area (Å²) in [5.41, 5.74) is -0.510. The van der Waals surface area contributed by atoms with Gasteiger partial charge in [-0.05, 0) is 18.9 Å². The molecule has 1 aromatic rings. The first-order valence-electron chi connectivity index (χ1n) is 8.51. The number of hydrogen-bond donors (Lipinski definition) is 1. The number of amides is 2. The van der Waals surface area contributed by atoms with E-state index in [1.54, 1.807) is 0 Å². The molecule has 0 aromatic heterocycles. The third-order valence-corrected chi connectivity index (χ3v) is 5.43. The highest BCUT2D eigenvalue weighted by Gasteiger charge is 2.59. The van der Waals surface area contributed by atoms with E-state index >= 15 is 0 Å². The number of ether oxygens (including phenoxy) is 1. The summed E-state index contributed by atoms with van der Waals surface area (Å²) in [6.07, 6.45) is 1.59. The van der Waals surface area contributed by atoms with E-state index in [9.17, 15) is 14.4 Å². The van der Waals surface area contributed by atoms with E-state index in [0.717, 1.165) is 5.56 Å². The number of nitrogens with zero attached hydrogens (tertiary/aromatic N) is 1. The highest BCUT2D eigenvalue weighted by molar-refractivity contribution is 6.76. The second-order valence-corrected chi connectivity index (χ2v) is 8.88. The smallest absolute Gasteiger partial charge is 0.316 e. The molecule has 1 N–H and O–H groups in total. The Balaban J connectivity index is 2.48. The third kappa shape index (κ3) is 4.29. The Morgan fingerprint density at radius 1 is 1.39 bits per heavy atom. The second kappa shape index (κ2) is 8.72. The Hall–Kier alpha value is -1.76. The quantitative estimate of drug-likeness (QED) is 0.413. The molecule has 1 aliphatic heterocycles. The summed E-state index contributed by atoms with van der Waals surface area (Å²) < 4.78 is 2.67. The molecule has 6 nitrogen and oxygen atoms in total. The van der Waals surface area contributed by atoms with Crippen LogP contribution in [0.25, 0.3) is 0 Å². The number of likely N-dealkylation sites (tertiary alicyclic amines) is 1. The maximum absolute atomic E-state index is 13.2. The van der Waals surface area contributed by atoms with Gasteiger partial charge in [0.25, 0.3) is 9.70 Å². The van der Waals surface area contributed by atoms with E-state index in [1.807, 2.05) is 37.3 Å². The maximum atomic E-state index is 13.2. The maximum Gasteiger partial charge on any atom is 0.316 e. The normalized spacial score (nSPS) is 23.2. The van der Waals surface area contributed by atoms with Crippen molar-refractivity contribution >= 4 is 52.6 Å². The van der Waals surface area contributed by atoms with Crippen molar-refractivity contribution in [1.82, 2.24) is 10.2 Å². The molecule has 3 atom stereocenters. The molecule has 1 saturated heterocycles. The minimum Gasteiger partial charge on any atom is -0.468 e. The number of methoxy groups -OCH3 is 1. The average Bonchev–Trinajstić information content (AvgIpc) is 2.94. The van der Waals surface area contributed by atoms with E-state index in [2.05, 4.69) is 11.9 Å². The van der Waals surface area contributed by atoms with E-state index in [1.165, 1.54) is 18.1 Å². The number of benzene rings is 1. The van der Waals surface area contributed by atoms with Crippen LogP contribution in [-0.2, 0) is 19.1 Å². The van der Waals surface area contributed by atoms with E-state index in [-0.39, 0.29) is 19.0 Å². The molecule has 9 heteroatoms. The highest BCUT2D eigenvalue weighted by Crippen LogP contribution is 2.41. The van der Waals surface area contributed by atoms with E-state index < -0.39 is 33.0 Å². The number of hydrogen-bond acceptors (Lipinski definition) is 4. The number of allylic oxidation sites excluding steroid dienone is 1. The van der Waals surface area contributed by atoms with Gasteiger partial charge in [-0.3, -0.25) is 14.4 Å². The summed E-state index contributed by atoms with van der Waals surface area (Å²) in [6.45, 7) is 5.53. The fourth-order valence-electron chi connectivity index (χ4n) is 3.44. The van der Waals surface area contributed by atoms with Crippen LogP contribution >= 0.6 is 34.8 Å². The lowest BCUT2D eigenvalue weighted by molar-refractivity contribution is -0.154. The summed E-state index contributed by atoms with van der Waals surface area (Å²) in [6, 6.07) is 7.71. The van der Waals surface area contributed by atoms with Gasteiger partial charge in [0.2, 0.25) is 5.91 Å². The Kier molecular flexibility index (Phi) is 7.02. The predicted octanol–water partition coefficient (Wildman–Crippen LogP) is 3.18. The topological polar surface area (TPSA) is 75.7 Å². The van der Waals surface area contributed by atoms with Gasteiger partial charge in [-0.2, -0.15) is 0 Å². The number of rotatable bonds is 6. The van der Waals surface area contributed by atoms with Crippen molar-refractivity contribution in [2.24, 2.45) is 5.41 Å². The van der Waals surface area contributed by atoms with Crippen LogP contribution in [0.15, 0.2) is 43.0 Å². The molecule has 0 unspecified atom stereocenters. The standard InChI is InChI=1S/C19H21Cl3N2O4/c1-4-10-18(17(27)28-3)11-24(12(2)13-8-6-5-7-9-13)15(25)14(18)23-16(26)19(20,21)22/h4-9,12,14H,1,10-11H2,2-3H3,(H,23,26)/t12-,14+,18-/m0/s1. The lowest BCUT2D eigenvalue weighted by Gasteiger charge is -2.30. The van der Waals surface area contributed by atoms with Crippen molar-refractivity contribution in [3.8, 4) is 0 Å². The molecular weight excluding hydrogens is 427 g/mol. The van der Waals surface area contributed by atoms with Crippen LogP contribution in [0.5, 0.6) is 0 Å². The van der Waals surface area contributed by atoms with Crippen LogP contribution in [0.3, 0.4) is 0 Å². The van der Waals surface area contributed by atoms with Crippen molar-refractivity contribution in [1.29, 1.82) is 0 Å². The van der Waals surface area contributed by atoms with Gasteiger partial charge in [0.15, 0.2) is 0 Å². The molecule has 1 fully saturated rings. The van der Waals surface area contributed by atoms with Gasteiger partial charge in [-0.25, -0.2) is 0 Å². The van der Waals surface area contributed by atoms with Gasteiger partial charge in [-0.1, -0.05) is 71.2 Å². The minimum atomic E-state index is -2.28. The Morgan fingerprint density at radius 2 is 2.00 bits per heavy atom. The van der Waals surface area contributed by atoms with Crippen molar-refractivity contribution in [3.05, 3.63) is 48.6 Å². The minimum absolute atomic E-state index is 0.0192. The van der Waals surface area contributed by atoms with E-state index in [0.29, 0.717) is 0 Å². The number of alkyl halides is 3. The summed E-state index contributed by atoms with van der Waals surface area (Å²) in [4.78, 5) is 39.7. The molecule has 1 aliphatic rings. The Bertz CT molecular complexity index is 766. The first-order valence-corrected chi connectivity index (χ1v) is 9.64. The zero-order valence-electron chi connectivity index (χ0n) is 15.5. The number of esters is 1. The Morgan fingerprint density at radius 3 is 2.50 bits per heavy atom. The van der Waals surface area contributed by atoms with Gasteiger partial charge >= 0.3 is 5.97 Å². The molecule has 0 radical (unpaired) electrons. The monoisotopic (exact) mass is 446 g/mol. The average molecular weight is 448 g/mol. The summed E-state index contributed by atoms with van der Waals surface area (Å²) in [7, 11) is 1.22. The lowest BCUT2D eigenvalue weighted by Crippen LogP contribution is -2.55. The molecular formula is C19H21Cl3N2O4. The van der Waals surface area contributed by atoms with Crippen LogP contribution in [0.4, 0.5) is 0 Å². The molecule has 152 valence electrons. The molecule has 2 amide bonds. The fourth-order valence-corrected chi connectivity index (χ4v) is 3.60. The summed E-state index contributed by atoms with van der Waals surface area (Å²) in [5, 5.41) is 2.42. The first kappa shape index (κ1) is 22.5. The first-order chi connectivity index (χ1) is 13.1. The number of halogens is 3. The fraction of sp³-hybridized carbons (Fsp3) is 0.421. The Labute approximate surface area is 178 Å². The van der Waals surface area contributed by atoms with Gasteiger partial charge < -0.3 is 15.0 Å². The molecule has 0 saturated carbocycles. The third-order valence-electron chi connectivity index (χ3n) is 4.92. The van der Waals surface area contributed by atoms with E-state index in [4.69, 9.17) is 39.5 Å². The molecule has 28 heavy (non-hydrogen) atoms. The van der Waals surface area contributed by atoms with Crippen molar-refractivity contribution < 1.29 is 19.1 Å². The van der Waals surface area contributed by atoms with Crippen LogP contribution in [0.2, 0.25) is 0 Å². The highest BCUT2D eigenvalue weighted by atomic mass is 35.6. The van der Waals surface area contributed by atoms with Gasteiger partial charge in [0.1, 0.15) is 11.5 Å². The molecule has 1 heterocycles.